The van der Waals surface area contributed by atoms with Gasteiger partial charge in [-0.2, -0.15) is 0 Å². The first kappa shape index (κ1) is 12.1. The van der Waals surface area contributed by atoms with Gasteiger partial charge < -0.3 is 10.2 Å². The molecule has 3 rings (SSSR count). The van der Waals surface area contributed by atoms with Gasteiger partial charge in [0.05, 0.1) is 0 Å². The quantitative estimate of drug-likeness (QED) is 0.724. The molecule has 0 aromatic carbocycles. The number of rotatable bonds is 2. The highest BCUT2D eigenvalue weighted by atomic mass is 16.2. The Morgan fingerprint density at radius 1 is 1.42 bits per heavy atom. The predicted octanol–water partition coefficient (Wildman–Crippen LogP) is -1.20. The normalized spacial score (nSPS) is 21.7. The summed E-state index contributed by atoms with van der Waals surface area (Å²) in [4.78, 5) is 25.2. The molecule has 0 radical (unpaired) electrons. The molecule has 19 heavy (non-hydrogen) atoms. The van der Waals surface area contributed by atoms with Crippen molar-refractivity contribution in [1.82, 2.24) is 30.4 Å². The standard InChI is InChI=1S/C11H16N6O2/c18-9-5-11(7-12-9)1-3-16(4-2-11)10(19)6-17-8-13-14-15-17/h8H,1-7H2,(H,12,18). The summed E-state index contributed by atoms with van der Waals surface area (Å²) in [6.07, 6.45) is 3.80. The maximum Gasteiger partial charge on any atom is 0.244 e. The number of hydrogen-bond donors (Lipinski definition) is 1. The maximum absolute atomic E-state index is 12.1. The summed E-state index contributed by atoms with van der Waals surface area (Å²) < 4.78 is 1.42. The molecule has 2 saturated heterocycles. The summed E-state index contributed by atoms with van der Waals surface area (Å²) >= 11 is 0. The van der Waals surface area contributed by atoms with Crippen molar-refractivity contribution in [2.75, 3.05) is 19.6 Å². The average Bonchev–Trinajstić information content (AvgIpc) is 3.01. The number of tetrazole rings is 1. The highest BCUT2D eigenvalue weighted by molar-refractivity contribution is 5.79. The Morgan fingerprint density at radius 2 is 2.21 bits per heavy atom. The molecule has 8 heteroatoms. The fraction of sp³-hybridized carbons (Fsp3) is 0.727. The molecule has 2 amide bonds. The highest BCUT2D eigenvalue weighted by Gasteiger charge is 2.41. The molecule has 1 aromatic heterocycles. The van der Waals surface area contributed by atoms with E-state index >= 15 is 0 Å². The van der Waals surface area contributed by atoms with Gasteiger partial charge in [0.1, 0.15) is 12.9 Å². The van der Waals surface area contributed by atoms with Crippen molar-refractivity contribution in [3.8, 4) is 0 Å². The Kier molecular flexibility index (Phi) is 2.92. The number of piperidine rings is 1. The number of nitrogens with one attached hydrogen (secondary N) is 1. The second-order valence-corrected chi connectivity index (χ2v) is 5.34. The fourth-order valence-electron chi connectivity index (χ4n) is 2.83. The van der Waals surface area contributed by atoms with Crippen LogP contribution in [0.3, 0.4) is 0 Å². The third-order valence-corrected chi connectivity index (χ3v) is 4.06. The van der Waals surface area contributed by atoms with E-state index in [0.717, 1.165) is 19.4 Å². The second kappa shape index (κ2) is 4.60. The molecular weight excluding hydrogens is 248 g/mol. The number of hydrogen-bond acceptors (Lipinski definition) is 5. The molecule has 8 nitrogen and oxygen atoms in total. The van der Waals surface area contributed by atoms with E-state index in [-0.39, 0.29) is 23.8 Å². The first-order valence-electron chi connectivity index (χ1n) is 6.42. The van der Waals surface area contributed by atoms with Crippen LogP contribution in [0.1, 0.15) is 19.3 Å². The molecule has 1 aromatic rings. The number of nitrogens with zero attached hydrogens (tertiary/aromatic N) is 5. The fourth-order valence-corrected chi connectivity index (χ4v) is 2.83. The molecule has 3 heterocycles. The van der Waals surface area contributed by atoms with E-state index in [4.69, 9.17) is 0 Å². The van der Waals surface area contributed by atoms with Crippen molar-refractivity contribution in [2.45, 2.75) is 25.8 Å². The van der Waals surface area contributed by atoms with Gasteiger partial charge in [-0.25, -0.2) is 4.68 Å². The van der Waals surface area contributed by atoms with Gasteiger partial charge in [0, 0.05) is 26.1 Å². The maximum atomic E-state index is 12.1. The summed E-state index contributed by atoms with van der Waals surface area (Å²) in [6.45, 7) is 2.34. The lowest BCUT2D eigenvalue weighted by molar-refractivity contribution is -0.134. The first-order chi connectivity index (χ1) is 9.17. The van der Waals surface area contributed by atoms with Gasteiger partial charge in [-0.1, -0.05) is 0 Å². The molecule has 102 valence electrons. The summed E-state index contributed by atoms with van der Waals surface area (Å²) in [7, 11) is 0. The van der Waals surface area contributed by atoms with Crippen LogP contribution in [-0.2, 0) is 16.1 Å². The van der Waals surface area contributed by atoms with E-state index in [0.29, 0.717) is 19.5 Å². The van der Waals surface area contributed by atoms with Crippen molar-refractivity contribution in [3.05, 3.63) is 6.33 Å². The molecule has 1 spiro atoms. The van der Waals surface area contributed by atoms with Crippen LogP contribution in [0.15, 0.2) is 6.33 Å². The van der Waals surface area contributed by atoms with Crippen LogP contribution in [-0.4, -0.2) is 56.6 Å². The van der Waals surface area contributed by atoms with Crippen LogP contribution < -0.4 is 5.32 Å². The molecule has 2 fully saturated rings. The van der Waals surface area contributed by atoms with Crippen LogP contribution >= 0.6 is 0 Å². The molecule has 0 saturated carbocycles. The van der Waals surface area contributed by atoms with Crippen molar-refractivity contribution in [1.29, 1.82) is 0 Å². The van der Waals surface area contributed by atoms with Crippen LogP contribution in [0, 0.1) is 5.41 Å². The van der Waals surface area contributed by atoms with Crippen LogP contribution in [0.4, 0.5) is 0 Å². The van der Waals surface area contributed by atoms with Crippen molar-refractivity contribution in [3.63, 3.8) is 0 Å². The molecule has 1 N–H and O–H groups in total. The molecular formula is C11H16N6O2. The number of aromatic nitrogens is 4. The smallest absolute Gasteiger partial charge is 0.244 e. The first-order valence-corrected chi connectivity index (χ1v) is 6.42. The van der Waals surface area contributed by atoms with Gasteiger partial charge in [0.15, 0.2) is 0 Å². The molecule has 2 aliphatic heterocycles. The van der Waals surface area contributed by atoms with Crippen molar-refractivity contribution < 1.29 is 9.59 Å². The van der Waals surface area contributed by atoms with Gasteiger partial charge in [0.25, 0.3) is 0 Å². The minimum Gasteiger partial charge on any atom is -0.356 e. The summed E-state index contributed by atoms with van der Waals surface area (Å²) in [5, 5.41) is 13.6. The van der Waals surface area contributed by atoms with E-state index in [9.17, 15) is 9.59 Å². The topological polar surface area (TPSA) is 93.0 Å². The highest BCUT2D eigenvalue weighted by Crippen LogP contribution is 2.37. The zero-order chi connectivity index (χ0) is 13.3. The van der Waals surface area contributed by atoms with Crippen molar-refractivity contribution in [2.24, 2.45) is 5.41 Å². The minimum absolute atomic E-state index is 0.0273. The van der Waals surface area contributed by atoms with E-state index in [1.165, 1.54) is 11.0 Å². The lowest BCUT2D eigenvalue weighted by Gasteiger charge is -2.38. The Bertz CT molecular complexity index is 477. The predicted molar refractivity (Wildman–Crippen MR) is 63.7 cm³/mol. The van der Waals surface area contributed by atoms with Gasteiger partial charge in [-0.05, 0) is 28.7 Å². The molecule has 0 bridgehead atoms. The number of carbonyl (C=O) groups excluding carboxylic acids is 2. The third-order valence-electron chi connectivity index (χ3n) is 4.06. The summed E-state index contributed by atoms with van der Waals surface area (Å²) in [5.74, 6) is 0.160. The Hall–Kier alpha value is -1.99. The molecule has 0 atom stereocenters. The zero-order valence-electron chi connectivity index (χ0n) is 10.6. The van der Waals surface area contributed by atoms with E-state index in [2.05, 4.69) is 20.8 Å². The van der Waals surface area contributed by atoms with Gasteiger partial charge in [0.2, 0.25) is 11.8 Å². The van der Waals surface area contributed by atoms with E-state index < -0.39 is 0 Å². The van der Waals surface area contributed by atoms with Crippen LogP contribution in [0.2, 0.25) is 0 Å². The third kappa shape index (κ3) is 2.42. The number of amides is 2. The zero-order valence-corrected chi connectivity index (χ0v) is 10.6. The van der Waals surface area contributed by atoms with Crippen LogP contribution in [0.5, 0.6) is 0 Å². The van der Waals surface area contributed by atoms with Crippen molar-refractivity contribution >= 4 is 11.8 Å². The largest absolute Gasteiger partial charge is 0.356 e. The number of likely N-dealkylation sites (tertiary alicyclic amines) is 1. The average molecular weight is 264 g/mol. The minimum atomic E-state index is 0.0273. The van der Waals surface area contributed by atoms with Gasteiger partial charge in [-0.15, -0.1) is 5.10 Å². The molecule has 2 aliphatic rings. The monoisotopic (exact) mass is 264 g/mol. The summed E-state index contributed by atoms with van der Waals surface area (Å²) in [6, 6.07) is 0. The van der Waals surface area contributed by atoms with E-state index in [1.54, 1.807) is 0 Å². The lowest BCUT2D eigenvalue weighted by Crippen LogP contribution is -2.45. The SMILES string of the molecule is O=C1CC2(CCN(C(=O)Cn3cnnn3)CC2)CN1. The Labute approximate surface area is 110 Å². The van der Waals surface area contributed by atoms with Crippen LogP contribution in [0.25, 0.3) is 0 Å². The molecule has 0 aliphatic carbocycles. The lowest BCUT2D eigenvalue weighted by atomic mass is 9.77. The van der Waals surface area contributed by atoms with Gasteiger partial charge >= 0.3 is 0 Å². The van der Waals surface area contributed by atoms with E-state index in [1.807, 2.05) is 4.90 Å². The summed E-state index contributed by atoms with van der Waals surface area (Å²) in [5.41, 5.74) is 0.0721. The number of carbonyl (C=O) groups is 2. The Balaban J connectivity index is 1.55. The molecule has 0 unspecified atom stereocenters. The Morgan fingerprint density at radius 3 is 2.79 bits per heavy atom. The second-order valence-electron chi connectivity index (χ2n) is 5.34. The van der Waals surface area contributed by atoms with Gasteiger partial charge in [-0.3, -0.25) is 9.59 Å².